The second-order valence-electron chi connectivity index (χ2n) is 7.48. The normalized spacial score (nSPS) is 13.2. The molecule has 0 N–H and O–H groups in total. The van der Waals surface area contributed by atoms with Gasteiger partial charge in [-0.1, -0.05) is 12.1 Å². The lowest BCUT2D eigenvalue weighted by molar-refractivity contribution is -0.144. The Balaban J connectivity index is 1.85. The molecule has 0 radical (unpaired) electrons. The number of ketones is 1. The Kier molecular flexibility index (Phi) is 5.50. The quantitative estimate of drug-likeness (QED) is 0.601. The van der Waals surface area contributed by atoms with Crippen molar-refractivity contribution in [2.45, 2.75) is 20.4 Å². The molecule has 0 bridgehead atoms. The summed E-state index contributed by atoms with van der Waals surface area (Å²) in [7, 11) is 3.20. The standard InChI is InChI=1S/C24H24N2O5/c1-14-10-19(25-22-18(14)6-5-7-20(22)29-3)16-11-17-13-26(24(28)15(2)27)8-9-31-23(17)21(12-16)30-4/h5-7,10-12H,8-9,13H2,1-4H3. The summed E-state index contributed by atoms with van der Waals surface area (Å²) in [5.41, 5.74) is 4.19. The fourth-order valence-electron chi connectivity index (χ4n) is 3.88. The fourth-order valence-corrected chi connectivity index (χ4v) is 3.88. The zero-order valence-electron chi connectivity index (χ0n) is 18.0. The molecular weight excluding hydrogens is 396 g/mol. The average Bonchev–Trinajstić information content (AvgIpc) is 2.99. The van der Waals surface area contributed by atoms with Gasteiger partial charge in [-0.25, -0.2) is 4.98 Å². The lowest BCUT2D eigenvalue weighted by atomic mass is 10.0. The molecule has 2 aromatic carbocycles. The minimum atomic E-state index is -0.523. The molecule has 1 amide bonds. The molecule has 1 aliphatic heterocycles. The van der Waals surface area contributed by atoms with Crippen molar-refractivity contribution in [3.8, 4) is 28.5 Å². The Morgan fingerprint density at radius 3 is 2.58 bits per heavy atom. The van der Waals surface area contributed by atoms with Crippen molar-refractivity contribution < 1.29 is 23.8 Å². The summed E-state index contributed by atoms with van der Waals surface area (Å²) in [6, 6.07) is 11.7. The number of aromatic nitrogens is 1. The predicted molar refractivity (Wildman–Crippen MR) is 117 cm³/mol. The minimum absolute atomic E-state index is 0.258. The molecule has 31 heavy (non-hydrogen) atoms. The van der Waals surface area contributed by atoms with E-state index in [1.54, 1.807) is 14.2 Å². The van der Waals surface area contributed by atoms with E-state index in [1.165, 1.54) is 11.8 Å². The van der Waals surface area contributed by atoms with Crippen LogP contribution < -0.4 is 14.2 Å². The van der Waals surface area contributed by atoms with Crippen LogP contribution in [0.3, 0.4) is 0 Å². The molecule has 0 fully saturated rings. The molecule has 4 rings (SSSR count). The van der Waals surface area contributed by atoms with Gasteiger partial charge in [-0.15, -0.1) is 0 Å². The van der Waals surface area contributed by atoms with Gasteiger partial charge in [-0.05, 0) is 36.8 Å². The van der Waals surface area contributed by atoms with E-state index in [4.69, 9.17) is 19.2 Å². The third-order valence-corrected chi connectivity index (χ3v) is 5.43. The lowest BCUT2D eigenvalue weighted by Gasteiger charge is -2.19. The Morgan fingerprint density at radius 2 is 1.87 bits per heavy atom. The summed E-state index contributed by atoms with van der Waals surface area (Å²) in [5.74, 6) is 0.825. The first-order valence-electron chi connectivity index (χ1n) is 10.0. The van der Waals surface area contributed by atoms with Crippen LogP contribution in [0.1, 0.15) is 18.1 Å². The first-order chi connectivity index (χ1) is 14.9. The molecule has 0 saturated carbocycles. The number of fused-ring (bicyclic) bond motifs is 2. The third kappa shape index (κ3) is 3.79. The summed E-state index contributed by atoms with van der Waals surface area (Å²) < 4.78 is 17.0. The van der Waals surface area contributed by atoms with Crippen LogP contribution in [-0.4, -0.2) is 48.9 Å². The number of aryl methyl sites for hydroxylation is 1. The van der Waals surface area contributed by atoms with E-state index in [-0.39, 0.29) is 13.2 Å². The van der Waals surface area contributed by atoms with E-state index in [9.17, 15) is 9.59 Å². The lowest BCUT2D eigenvalue weighted by Crippen LogP contribution is -2.36. The monoisotopic (exact) mass is 420 g/mol. The van der Waals surface area contributed by atoms with Crippen molar-refractivity contribution in [2.75, 3.05) is 27.4 Å². The number of amides is 1. The molecule has 1 aliphatic rings. The van der Waals surface area contributed by atoms with Crippen LogP contribution in [-0.2, 0) is 16.1 Å². The second kappa shape index (κ2) is 8.26. The van der Waals surface area contributed by atoms with Gasteiger partial charge in [0.05, 0.1) is 33.0 Å². The van der Waals surface area contributed by atoms with E-state index in [1.807, 2.05) is 43.3 Å². The van der Waals surface area contributed by atoms with Crippen molar-refractivity contribution in [1.29, 1.82) is 0 Å². The number of carbonyl (C=O) groups excluding carboxylic acids is 2. The van der Waals surface area contributed by atoms with Crippen LogP contribution in [0.25, 0.3) is 22.2 Å². The molecule has 7 heteroatoms. The Hall–Kier alpha value is -3.61. The highest BCUT2D eigenvalue weighted by atomic mass is 16.5. The Labute approximate surface area is 180 Å². The van der Waals surface area contributed by atoms with E-state index in [2.05, 4.69) is 0 Å². The van der Waals surface area contributed by atoms with Crippen LogP contribution in [0.15, 0.2) is 36.4 Å². The minimum Gasteiger partial charge on any atom is -0.494 e. The number of benzene rings is 2. The topological polar surface area (TPSA) is 78.0 Å². The van der Waals surface area contributed by atoms with Crippen molar-refractivity contribution >= 4 is 22.6 Å². The number of methoxy groups -OCH3 is 2. The second-order valence-corrected chi connectivity index (χ2v) is 7.48. The van der Waals surface area contributed by atoms with Gasteiger partial charge in [-0.2, -0.15) is 0 Å². The number of para-hydroxylation sites is 1. The maximum absolute atomic E-state index is 12.3. The highest BCUT2D eigenvalue weighted by Gasteiger charge is 2.25. The molecule has 1 aromatic heterocycles. The number of hydrogen-bond donors (Lipinski definition) is 0. The number of Topliss-reactive ketones (excluding diaryl/α,β-unsaturated/α-hetero) is 1. The fraction of sp³-hybridized carbons (Fsp3) is 0.292. The molecule has 0 atom stereocenters. The first kappa shape index (κ1) is 20.7. The number of nitrogens with zero attached hydrogens (tertiary/aromatic N) is 2. The van der Waals surface area contributed by atoms with Crippen molar-refractivity contribution in [3.63, 3.8) is 0 Å². The molecular formula is C24H24N2O5. The van der Waals surface area contributed by atoms with Gasteiger partial charge >= 0.3 is 0 Å². The first-order valence-corrected chi connectivity index (χ1v) is 10.0. The van der Waals surface area contributed by atoms with Crippen LogP contribution in [0.2, 0.25) is 0 Å². The van der Waals surface area contributed by atoms with Gasteiger partial charge in [0.15, 0.2) is 11.5 Å². The molecule has 0 unspecified atom stereocenters. The van der Waals surface area contributed by atoms with Crippen molar-refractivity contribution in [3.05, 3.63) is 47.5 Å². The van der Waals surface area contributed by atoms with Gasteiger partial charge in [0.1, 0.15) is 17.9 Å². The largest absolute Gasteiger partial charge is 0.494 e. The summed E-state index contributed by atoms with van der Waals surface area (Å²) >= 11 is 0. The Bertz CT molecular complexity index is 1190. The van der Waals surface area contributed by atoms with Gasteiger partial charge in [-0.3, -0.25) is 9.59 Å². The van der Waals surface area contributed by atoms with Crippen molar-refractivity contribution in [2.24, 2.45) is 0 Å². The SMILES string of the molecule is COc1cc(-c2cc(C)c3cccc(OC)c3n2)cc2c1OCCN(C(=O)C(C)=O)C2. The summed E-state index contributed by atoms with van der Waals surface area (Å²) in [4.78, 5) is 30.3. The molecule has 2 heterocycles. The van der Waals surface area contributed by atoms with Gasteiger partial charge in [0.2, 0.25) is 5.78 Å². The summed E-state index contributed by atoms with van der Waals surface area (Å²) in [6.07, 6.45) is 0. The zero-order chi connectivity index (χ0) is 22.1. The highest BCUT2D eigenvalue weighted by Crippen LogP contribution is 2.39. The molecule has 3 aromatic rings. The van der Waals surface area contributed by atoms with E-state index in [0.717, 1.165) is 33.3 Å². The van der Waals surface area contributed by atoms with Crippen LogP contribution in [0.4, 0.5) is 0 Å². The molecule has 0 aliphatic carbocycles. The zero-order valence-corrected chi connectivity index (χ0v) is 18.0. The van der Waals surface area contributed by atoms with Crippen LogP contribution in [0.5, 0.6) is 17.2 Å². The Morgan fingerprint density at radius 1 is 1.10 bits per heavy atom. The third-order valence-electron chi connectivity index (χ3n) is 5.43. The molecule has 160 valence electrons. The van der Waals surface area contributed by atoms with Crippen molar-refractivity contribution in [1.82, 2.24) is 9.88 Å². The van der Waals surface area contributed by atoms with E-state index < -0.39 is 11.7 Å². The number of ether oxygens (including phenoxy) is 3. The summed E-state index contributed by atoms with van der Waals surface area (Å²) in [6.45, 7) is 4.18. The number of pyridine rings is 1. The van der Waals surface area contributed by atoms with Crippen LogP contribution >= 0.6 is 0 Å². The molecule has 0 saturated heterocycles. The molecule has 7 nitrogen and oxygen atoms in total. The van der Waals surface area contributed by atoms with Gasteiger partial charge in [0, 0.05) is 23.4 Å². The highest BCUT2D eigenvalue weighted by molar-refractivity contribution is 6.35. The average molecular weight is 420 g/mol. The smallest absolute Gasteiger partial charge is 0.290 e. The summed E-state index contributed by atoms with van der Waals surface area (Å²) in [5, 5.41) is 1.02. The van der Waals surface area contributed by atoms with Gasteiger partial charge in [0.25, 0.3) is 5.91 Å². The van der Waals surface area contributed by atoms with E-state index >= 15 is 0 Å². The maximum Gasteiger partial charge on any atom is 0.290 e. The van der Waals surface area contributed by atoms with Crippen LogP contribution in [0, 0.1) is 6.92 Å². The van der Waals surface area contributed by atoms with Gasteiger partial charge < -0.3 is 19.1 Å². The number of rotatable bonds is 4. The molecule has 0 spiro atoms. The maximum atomic E-state index is 12.3. The number of carbonyl (C=O) groups is 2. The predicted octanol–water partition coefficient (Wildman–Crippen LogP) is 3.54. The number of hydrogen-bond acceptors (Lipinski definition) is 6. The van der Waals surface area contributed by atoms with E-state index in [0.29, 0.717) is 23.8 Å².